The first-order valence-corrected chi connectivity index (χ1v) is 7.09. The van der Waals surface area contributed by atoms with E-state index in [1.807, 2.05) is 4.90 Å². The molecule has 3 fully saturated rings. The standard InChI is InChI=1S/C13H23N3O2/c14-13(3-8-18-9-4-13)12(17)16-7-6-15-5-1-2-11(15)10-16/h11H,1-10,14H2. The Kier molecular flexibility index (Phi) is 3.30. The van der Waals surface area contributed by atoms with Gasteiger partial charge in [-0.2, -0.15) is 0 Å². The molecule has 0 aliphatic carbocycles. The highest BCUT2D eigenvalue weighted by atomic mass is 16.5. The first kappa shape index (κ1) is 12.4. The van der Waals surface area contributed by atoms with E-state index in [-0.39, 0.29) is 5.91 Å². The van der Waals surface area contributed by atoms with Crippen LogP contribution in [0.15, 0.2) is 0 Å². The van der Waals surface area contributed by atoms with E-state index in [2.05, 4.69) is 4.90 Å². The van der Waals surface area contributed by atoms with Crippen LogP contribution in [0.25, 0.3) is 0 Å². The molecule has 3 rings (SSSR count). The first-order valence-electron chi connectivity index (χ1n) is 7.09. The summed E-state index contributed by atoms with van der Waals surface area (Å²) in [6.45, 7) is 5.17. The van der Waals surface area contributed by atoms with Gasteiger partial charge < -0.3 is 15.4 Å². The number of ether oxygens (including phenoxy) is 1. The van der Waals surface area contributed by atoms with Crippen LogP contribution in [0.5, 0.6) is 0 Å². The largest absolute Gasteiger partial charge is 0.381 e. The summed E-state index contributed by atoms with van der Waals surface area (Å²) in [5, 5.41) is 0. The van der Waals surface area contributed by atoms with Crippen LogP contribution in [-0.2, 0) is 9.53 Å². The van der Waals surface area contributed by atoms with Crippen LogP contribution < -0.4 is 5.73 Å². The fraction of sp³-hybridized carbons (Fsp3) is 0.923. The summed E-state index contributed by atoms with van der Waals surface area (Å²) in [6.07, 6.45) is 3.83. The lowest BCUT2D eigenvalue weighted by Crippen LogP contribution is -2.62. The number of piperazine rings is 1. The number of fused-ring (bicyclic) bond motifs is 1. The highest BCUT2D eigenvalue weighted by Gasteiger charge is 2.41. The lowest BCUT2D eigenvalue weighted by Gasteiger charge is -2.42. The van der Waals surface area contributed by atoms with E-state index in [9.17, 15) is 4.79 Å². The van der Waals surface area contributed by atoms with Crippen molar-refractivity contribution >= 4 is 5.91 Å². The SMILES string of the molecule is NC1(C(=O)N2CCN3CCCC3C2)CCOCC1. The minimum Gasteiger partial charge on any atom is -0.381 e. The van der Waals surface area contributed by atoms with Crippen molar-refractivity contribution in [3.8, 4) is 0 Å². The Hall–Kier alpha value is -0.650. The summed E-state index contributed by atoms with van der Waals surface area (Å²) < 4.78 is 5.31. The summed E-state index contributed by atoms with van der Waals surface area (Å²) in [7, 11) is 0. The van der Waals surface area contributed by atoms with E-state index in [4.69, 9.17) is 10.5 Å². The molecule has 5 nitrogen and oxygen atoms in total. The van der Waals surface area contributed by atoms with E-state index in [0.717, 1.165) is 19.6 Å². The van der Waals surface area contributed by atoms with Crippen molar-refractivity contribution in [1.82, 2.24) is 9.80 Å². The molecule has 0 aromatic carbocycles. The molecule has 3 aliphatic heterocycles. The van der Waals surface area contributed by atoms with E-state index in [1.54, 1.807) is 0 Å². The molecule has 2 N–H and O–H groups in total. The molecular formula is C13H23N3O2. The van der Waals surface area contributed by atoms with Gasteiger partial charge in [-0.05, 0) is 32.2 Å². The van der Waals surface area contributed by atoms with Gasteiger partial charge in [0.2, 0.25) is 5.91 Å². The molecule has 102 valence electrons. The number of carbonyl (C=O) groups is 1. The molecule has 5 heteroatoms. The second kappa shape index (κ2) is 4.79. The van der Waals surface area contributed by atoms with Crippen LogP contribution in [0.3, 0.4) is 0 Å². The average Bonchev–Trinajstić information content (AvgIpc) is 2.86. The van der Waals surface area contributed by atoms with Crippen molar-refractivity contribution in [1.29, 1.82) is 0 Å². The maximum Gasteiger partial charge on any atom is 0.242 e. The maximum absolute atomic E-state index is 12.6. The quantitative estimate of drug-likeness (QED) is 0.703. The minimum absolute atomic E-state index is 0.150. The molecule has 0 aromatic rings. The Labute approximate surface area is 108 Å². The molecule has 0 radical (unpaired) electrons. The summed E-state index contributed by atoms with van der Waals surface area (Å²) in [6, 6.07) is 0.575. The molecule has 3 saturated heterocycles. The minimum atomic E-state index is -0.668. The fourth-order valence-electron chi connectivity index (χ4n) is 3.44. The Morgan fingerprint density at radius 1 is 1.22 bits per heavy atom. The predicted octanol–water partition coefficient (Wildman–Crippen LogP) is -0.199. The summed E-state index contributed by atoms with van der Waals surface area (Å²) in [4.78, 5) is 17.1. The second-order valence-corrected chi connectivity index (χ2v) is 5.85. The monoisotopic (exact) mass is 253 g/mol. The van der Waals surface area contributed by atoms with Crippen LogP contribution in [0.2, 0.25) is 0 Å². The van der Waals surface area contributed by atoms with Crippen LogP contribution in [0, 0.1) is 0 Å². The molecule has 0 spiro atoms. The number of nitrogens with two attached hydrogens (primary N) is 1. The normalized spacial score (nSPS) is 32.3. The number of carbonyl (C=O) groups excluding carboxylic acids is 1. The Balaban J connectivity index is 1.65. The summed E-state index contributed by atoms with van der Waals surface area (Å²) in [5.74, 6) is 0.150. The molecule has 1 amide bonds. The zero-order valence-electron chi connectivity index (χ0n) is 10.9. The van der Waals surface area contributed by atoms with E-state index < -0.39 is 5.54 Å². The topological polar surface area (TPSA) is 58.8 Å². The number of hydrogen-bond donors (Lipinski definition) is 1. The third-order valence-electron chi connectivity index (χ3n) is 4.69. The van der Waals surface area contributed by atoms with Gasteiger partial charge in [0.05, 0.1) is 5.54 Å². The molecule has 3 aliphatic rings. The van der Waals surface area contributed by atoms with E-state index in [0.29, 0.717) is 32.1 Å². The highest BCUT2D eigenvalue weighted by molar-refractivity contribution is 5.86. The maximum atomic E-state index is 12.6. The van der Waals surface area contributed by atoms with Crippen molar-refractivity contribution in [3.05, 3.63) is 0 Å². The average molecular weight is 253 g/mol. The van der Waals surface area contributed by atoms with Crippen LogP contribution in [-0.4, -0.2) is 66.7 Å². The summed E-state index contributed by atoms with van der Waals surface area (Å²) in [5.41, 5.74) is 5.62. The van der Waals surface area contributed by atoms with Crippen LogP contribution in [0.4, 0.5) is 0 Å². The van der Waals surface area contributed by atoms with Gasteiger partial charge >= 0.3 is 0 Å². The van der Waals surface area contributed by atoms with Crippen molar-refractivity contribution in [3.63, 3.8) is 0 Å². The summed E-state index contributed by atoms with van der Waals surface area (Å²) >= 11 is 0. The zero-order valence-corrected chi connectivity index (χ0v) is 10.9. The Morgan fingerprint density at radius 3 is 2.78 bits per heavy atom. The number of amides is 1. The fourth-order valence-corrected chi connectivity index (χ4v) is 3.44. The van der Waals surface area contributed by atoms with Gasteiger partial charge in [-0.25, -0.2) is 0 Å². The molecule has 1 unspecified atom stereocenters. The van der Waals surface area contributed by atoms with Gasteiger partial charge in [-0.3, -0.25) is 9.69 Å². The van der Waals surface area contributed by atoms with Crippen molar-refractivity contribution in [2.24, 2.45) is 5.73 Å². The van der Waals surface area contributed by atoms with Crippen LogP contribution >= 0.6 is 0 Å². The second-order valence-electron chi connectivity index (χ2n) is 5.85. The lowest BCUT2D eigenvalue weighted by atomic mass is 9.89. The van der Waals surface area contributed by atoms with Crippen molar-refractivity contribution in [2.75, 3.05) is 39.4 Å². The van der Waals surface area contributed by atoms with Gasteiger partial charge in [0.15, 0.2) is 0 Å². The van der Waals surface area contributed by atoms with Gasteiger partial charge in [0, 0.05) is 38.9 Å². The van der Waals surface area contributed by atoms with Gasteiger partial charge in [0.25, 0.3) is 0 Å². The molecule has 1 atom stereocenters. The lowest BCUT2D eigenvalue weighted by molar-refractivity contribution is -0.143. The van der Waals surface area contributed by atoms with Crippen molar-refractivity contribution < 1.29 is 9.53 Å². The molecule has 0 bridgehead atoms. The third kappa shape index (κ3) is 2.15. The Bertz CT molecular complexity index is 328. The molecule has 3 heterocycles. The highest BCUT2D eigenvalue weighted by Crippen LogP contribution is 2.25. The zero-order chi connectivity index (χ0) is 12.6. The Morgan fingerprint density at radius 2 is 2.00 bits per heavy atom. The van der Waals surface area contributed by atoms with Gasteiger partial charge in [0.1, 0.15) is 0 Å². The molecular weight excluding hydrogens is 230 g/mol. The third-order valence-corrected chi connectivity index (χ3v) is 4.69. The molecule has 0 saturated carbocycles. The number of hydrogen-bond acceptors (Lipinski definition) is 4. The van der Waals surface area contributed by atoms with Gasteiger partial charge in [-0.1, -0.05) is 0 Å². The molecule has 18 heavy (non-hydrogen) atoms. The van der Waals surface area contributed by atoms with Crippen molar-refractivity contribution in [2.45, 2.75) is 37.3 Å². The number of rotatable bonds is 1. The smallest absolute Gasteiger partial charge is 0.242 e. The molecule has 0 aromatic heterocycles. The van der Waals surface area contributed by atoms with E-state index >= 15 is 0 Å². The predicted molar refractivity (Wildman–Crippen MR) is 68.1 cm³/mol. The van der Waals surface area contributed by atoms with Crippen LogP contribution in [0.1, 0.15) is 25.7 Å². The van der Waals surface area contributed by atoms with E-state index in [1.165, 1.54) is 19.4 Å². The van der Waals surface area contributed by atoms with Gasteiger partial charge in [-0.15, -0.1) is 0 Å². The number of nitrogens with zero attached hydrogens (tertiary/aromatic N) is 2. The first-order chi connectivity index (χ1) is 8.69.